The molecule has 0 saturated heterocycles. The minimum Gasteiger partial charge on any atom is -0.494 e. The molecule has 1 aliphatic rings. The number of nitrogens with one attached hydrogen (secondary N) is 1. The second-order valence-corrected chi connectivity index (χ2v) is 5.73. The van der Waals surface area contributed by atoms with Crippen molar-refractivity contribution < 1.29 is 19.0 Å². The van der Waals surface area contributed by atoms with Gasteiger partial charge in [-0.25, -0.2) is 0 Å². The van der Waals surface area contributed by atoms with E-state index in [1.165, 1.54) is 0 Å². The van der Waals surface area contributed by atoms with Crippen molar-refractivity contribution >= 4 is 5.91 Å². The maximum absolute atomic E-state index is 11.9. The molecule has 0 spiro atoms. The molecule has 0 atom stereocenters. The molecule has 0 aromatic heterocycles. The minimum atomic E-state index is 0.0144. The highest BCUT2D eigenvalue weighted by Crippen LogP contribution is 2.32. The van der Waals surface area contributed by atoms with Gasteiger partial charge < -0.3 is 19.5 Å². The van der Waals surface area contributed by atoms with E-state index in [1.54, 1.807) is 0 Å². The van der Waals surface area contributed by atoms with Crippen molar-refractivity contribution in [2.45, 2.75) is 26.3 Å². The number of carbonyl (C=O) groups excluding carboxylic acids is 1. The quantitative estimate of drug-likeness (QED) is 0.794. The molecule has 0 fully saturated rings. The van der Waals surface area contributed by atoms with Gasteiger partial charge >= 0.3 is 0 Å². The van der Waals surface area contributed by atoms with Crippen LogP contribution in [0, 0.1) is 6.92 Å². The Morgan fingerprint density at radius 2 is 2.04 bits per heavy atom. The summed E-state index contributed by atoms with van der Waals surface area (Å²) in [4.78, 5) is 11.9. The molecule has 1 heterocycles. The number of benzene rings is 2. The molecule has 1 N–H and O–H groups in total. The lowest BCUT2D eigenvalue weighted by molar-refractivity contribution is -0.121. The largest absolute Gasteiger partial charge is 0.494 e. The molecule has 0 aliphatic carbocycles. The average Bonchev–Trinajstić information content (AvgIpc) is 3.05. The van der Waals surface area contributed by atoms with Crippen LogP contribution in [-0.4, -0.2) is 19.3 Å². The van der Waals surface area contributed by atoms with Crippen LogP contribution in [-0.2, 0) is 11.3 Å². The third kappa shape index (κ3) is 4.41. The van der Waals surface area contributed by atoms with E-state index in [0.29, 0.717) is 26.0 Å². The molecule has 0 bridgehead atoms. The molecule has 126 valence electrons. The van der Waals surface area contributed by atoms with Crippen molar-refractivity contribution in [3.8, 4) is 17.2 Å². The number of hydrogen-bond donors (Lipinski definition) is 1. The van der Waals surface area contributed by atoms with Crippen LogP contribution in [0.3, 0.4) is 0 Å². The van der Waals surface area contributed by atoms with Gasteiger partial charge in [-0.3, -0.25) is 4.79 Å². The third-order valence-electron chi connectivity index (χ3n) is 3.73. The van der Waals surface area contributed by atoms with Crippen molar-refractivity contribution in [2.75, 3.05) is 13.4 Å². The zero-order valence-corrected chi connectivity index (χ0v) is 13.7. The highest BCUT2D eigenvalue weighted by atomic mass is 16.7. The second kappa shape index (κ2) is 7.73. The normalized spacial score (nSPS) is 12.0. The number of hydrogen-bond acceptors (Lipinski definition) is 4. The van der Waals surface area contributed by atoms with Crippen LogP contribution < -0.4 is 19.5 Å². The van der Waals surface area contributed by atoms with Gasteiger partial charge in [0.15, 0.2) is 11.5 Å². The van der Waals surface area contributed by atoms with E-state index in [4.69, 9.17) is 14.2 Å². The lowest BCUT2D eigenvalue weighted by atomic mass is 10.2. The maximum atomic E-state index is 11.9. The molecule has 2 aromatic rings. The Labute approximate surface area is 141 Å². The molecular formula is C19H21NO4. The molecule has 3 rings (SSSR count). The van der Waals surface area contributed by atoms with Crippen LogP contribution in [0.2, 0.25) is 0 Å². The summed E-state index contributed by atoms with van der Waals surface area (Å²) >= 11 is 0. The predicted octanol–water partition coefficient (Wildman–Crippen LogP) is 3.20. The predicted molar refractivity (Wildman–Crippen MR) is 90.3 cm³/mol. The van der Waals surface area contributed by atoms with Crippen LogP contribution in [0.1, 0.15) is 24.0 Å². The standard InChI is InChI=1S/C19H21NO4/c1-14-4-2-5-16(10-14)22-9-3-6-19(21)20-12-15-7-8-17-18(11-15)24-13-23-17/h2,4-5,7-8,10-11H,3,6,9,12-13H2,1H3,(H,20,21). The summed E-state index contributed by atoms with van der Waals surface area (Å²) in [7, 11) is 0. The molecule has 0 radical (unpaired) electrons. The van der Waals surface area contributed by atoms with E-state index in [1.807, 2.05) is 49.4 Å². The van der Waals surface area contributed by atoms with Gasteiger partial charge in [0, 0.05) is 13.0 Å². The van der Waals surface area contributed by atoms with E-state index in [2.05, 4.69) is 5.32 Å². The van der Waals surface area contributed by atoms with Crippen molar-refractivity contribution in [3.63, 3.8) is 0 Å². The van der Waals surface area contributed by atoms with Gasteiger partial charge in [-0.2, -0.15) is 0 Å². The Balaban J connectivity index is 1.35. The van der Waals surface area contributed by atoms with Gasteiger partial charge in [0.1, 0.15) is 5.75 Å². The first-order chi connectivity index (χ1) is 11.7. The SMILES string of the molecule is Cc1cccc(OCCCC(=O)NCc2ccc3c(c2)OCO3)c1. The molecule has 1 aliphatic heterocycles. The van der Waals surface area contributed by atoms with E-state index in [9.17, 15) is 4.79 Å². The Morgan fingerprint density at radius 1 is 1.17 bits per heavy atom. The van der Waals surface area contributed by atoms with Crippen LogP contribution in [0.15, 0.2) is 42.5 Å². The molecule has 5 heteroatoms. The first-order valence-corrected chi connectivity index (χ1v) is 8.05. The maximum Gasteiger partial charge on any atom is 0.231 e. The van der Waals surface area contributed by atoms with Crippen molar-refractivity contribution in [1.29, 1.82) is 0 Å². The topological polar surface area (TPSA) is 56.8 Å². The van der Waals surface area contributed by atoms with Crippen molar-refractivity contribution in [1.82, 2.24) is 5.32 Å². The van der Waals surface area contributed by atoms with Gasteiger partial charge in [0.05, 0.1) is 6.61 Å². The lowest BCUT2D eigenvalue weighted by Crippen LogP contribution is -2.22. The van der Waals surface area contributed by atoms with E-state index in [-0.39, 0.29) is 12.7 Å². The van der Waals surface area contributed by atoms with Gasteiger partial charge in [0.25, 0.3) is 0 Å². The van der Waals surface area contributed by atoms with E-state index < -0.39 is 0 Å². The minimum absolute atomic E-state index is 0.0144. The fraction of sp³-hybridized carbons (Fsp3) is 0.316. The first kappa shape index (κ1) is 16.2. The van der Waals surface area contributed by atoms with Gasteiger partial charge in [-0.05, 0) is 48.7 Å². The summed E-state index contributed by atoms with van der Waals surface area (Å²) in [6.07, 6.45) is 1.12. The molecule has 0 unspecified atom stereocenters. The van der Waals surface area contributed by atoms with Crippen molar-refractivity contribution in [3.05, 3.63) is 53.6 Å². The molecule has 5 nitrogen and oxygen atoms in total. The lowest BCUT2D eigenvalue weighted by Gasteiger charge is -2.08. The molecule has 2 aromatic carbocycles. The Bertz CT molecular complexity index is 714. The highest BCUT2D eigenvalue weighted by molar-refractivity contribution is 5.75. The fourth-order valence-corrected chi connectivity index (χ4v) is 2.47. The Morgan fingerprint density at radius 3 is 2.92 bits per heavy atom. The van der Waals surface area contributed by atoms with E-state index in [0.717, 1.165) is 28.4 Å². The number of rotatable bonds is 7. The average molecular weight is 327 g/mol. The van der Waals surface area contributed by atoms with E-state index >= 15 is 0 Å². The highest BCUT2D eigenvalue weighted by Gasteiger charge is 2.13. The third-order valence-corrected chi connectivity index (χ3v) is 3.73. The molecule has 1 amide bonds. The molecule has 0 saturated carbocycles. The van der Waals surface area contributed by atoms with Gasteiger partial charge in [0.2, 0.25) is 12.7 Å². The van der Waals surface area contributed by atoms with Gasteiger partial charge in [-0.15, -0.1) is 0 Å². The number of aryl methyl sites for hydroxylation is 1. The molecule has 24 heavy (non-hydrogen) atoms. The summed E-state index contributed by atoms with van der Waals surface area (Å²) in [5.74, 6) is 2.34. The summed E-state index contributed by atoms with van der Waals surface area (Å²) in [5.41, 5.74) is 2.15. The fourth-order valence-electron chi connectivity index (χ4n) is 2.47. The summed E-state index contributed by atoms with van der Waals surface area (Å²) in [6.45, 7) is 3.29. The first-order valence-electron chi connectivity index (χ1n) is 8.05. The van der Waals surface area contributed by atoms with Crippen molar-refractivity contribution in [2.24, 2.45) is 0 Å². The van der Waals surface area contributed by atoms with Gasteiger partial charge in [-0.1, -0.05) is 18.2 Å². The number of fused-ring (bicyclic) bond motifs is 1. The Kier molecular flexibility index (Phi) is 5.21. The second-order valence-electron chi connectivity index (χ2n) is 5.73. The molecular weight excluding hydrogens is 306 g/mol. The van der Waals surface area contributed by atoms with Crippen LogP contribution in [0.4, 0.5) is 0 Å². The number of amides is 1. The Hall–Kier alpha value is -2.69. The summed E-state index contributed by atoms with van der Waals surface area (Å²) < 4.78 is 16.2. The van der Waals surface area contributed by atoms with Crippen LogP contribution in [0.25, 0.3) is 0 Å². The van der Waals surface area contributed by atoms with Crippen LogP contribution >= 0.6 is 0 Å². The summed E-state index contributed by atoms with van der Waals surface area (Å²) in [5, 5.41) is 2.91. The number of ether oxygens (including phenoxy) is 3. The zero-order chi connectivity index (χ0) is 16.8. The monoisotopic (exact) mass is 327 g/mol. The van der Waals surface area contributed by atoms with Crippen LogP contribution in [0.5, 0.6) is 17.2 Å². The zero-order valence-electron chi connectivity index (χ0n) is 13.7. The smallest absolute Gasteiger partial charge is 0.231 e. The summed E-state index contributed by atoms with van der Waals surface area (Å²) in [6, 6.07) is 13.6. The number of carbonyl (C=O) groups is 1.